The van der Waals surface area contributed by atoms with E-state index < -0.39 is 10.7 Å². The van der Waals surface area contributed by atoms with Gasteiger partial charge in [0.2, 0.25) is 0 Å². The van der Waals surface area contributed by atoms with Gasteiger partial charge in [-0.15, -0.1) is 0 Å². The molecule has 0 unspecified atom stereocenters. The van der Waals surface area contributed by atoms with Crippen LogP contribution in [-0.2, 0) is 0 Å². The minimum absolute atomic E-state index is 0.231. The normalized spacial score (nSPS) is 16.3. The Balaban J connectivity index is 1.83. The van der Waals surface area contributed by atoms with Gasteiger partial charge in [-0.3, -0.25) is 15.0 Å². The minimum atomic E-state index is -0.604. The van der Waals surface area contributed by atoms with Crippen molar-refractivity contribution in [1.29, 1.82) is 0 Å². The molecule has 0 aromatic heterocycles. The maximum Gasteiger partial charge on any atom is 0.272 e. The van der Waals surface area contributed by atoms with Gasteiger partial charge in [-0.2, -0.15) is 0 Å². The number of nitro benzene ring substituents is 1. The molecule has 0 radical (unpaired) electrons. The lowest BCUT2D eigenvalue weighted by Gasteiger charge is -2.27. The summed E-state index contributed by atoms with van der Waals surface area (Å²) in [6, 6.07) is 3.65. The van der Waals surface area contributed by atoms with Gasteiger partial charge in [0.1, 0.15) is 0 Å². The third-order valence-electron chi connectivity index (χ3n) is 3.12. The van der Waals surface area contributed by atoms with Crippen LogP contribution < -0.4 is 10.6 Å². The van der Waals surface area contributed by atoms with Gasteiger partial charge in [-0.25, -0.2) is 4.39 Å². The number of anilines is 1. The molecule has 6 nitrogen and oxygen atoms in total. The van der Waals surface area contributed by atoms with Crippen molar-refractivity contribution < 1.29 is 9.31 Å². The van der Waals surface area contributed by atoms with E-state index in [1.807, 2.05) is 0 Å². The number of nitrogens with zero attached hydrogens (tertiary/aromatic N) is 2. The summed E-state index contributed by atoms with van der Waals surface area (Å²) in [6.45, 7) is 5.39. The van der Waals surface area contributed by atoms with Gasteiger partial charge < -0.3 is 10.6 Å². The minimum Gasteiger partial charge on any atom is -0.381 e. The zero-order chi connectivity index (χ0) is 13.7. The van der Waals surface area contributed by atoms with Crippen LogP contribution in [0.5, 0.6) is 0 Å². The number of benzene rings is 1. The largest absolute Gasteiger partial charge is 0.381 e. The molecule has 2 N–H and O–H groups in total. The van der Waals surface area contributed by atoms with Gasteiger partial charge in [0.05, 0.1) is 16.7 Å². The number of halogens is 1. The number of piperazine rings is 1. The summed E-state index contributed by atoms with van der Waals surface area (Å²) in [6.07, 6.45) is 0. The van der Waals surface area contributed by atoms with Crippen LogP contribution in [0.4, 0.5) is 15.8 Å². The highest BCUT2D eigenvalue weighted by Crippen LogP contribution is 2.20. The predicted octanol–water partition coefficient (Wildman–Crippen LogP) is 1.05. The molecular weight excluding hydrogens is 251 g/mol. The van der Waals surface area contributed by atoms with Crippen molar-refractivity contribution in [1.82, 2.24) is 10.2 Å². The number of non-ortho nitro benzene ring substituents is 1. The Kier molecular flexibility index (Phi) is 4.64. The molecule has 0 saturated carbocycles. The second-order valence-corrected chi connectivity index (χ2v) is 4.44. The second-order valence-electron chi connectivity index (χ2n) is 4.44. The smallest absolute Gasteiger partial charge is 0.272 e. The molecule has 2 rings (SSSR count). The Labute approximate surface area is 110 Å². The van der Waals surface area contributed by atoms with Gasteiger partial charge in [0, 0.05) is 45.3 Å². The SMILES string of the molecule is O=[N+]([O-])c1ccc(NCCN2CCNCC2)c(F)c1. The number of rotatable bonds is 5. The molecule has 0 spiro atoms. The van der Waals surface area contributed by atoms with E-state index >= 15 is 0 Å². The molecule has 0 bridgehead atoms. The highest BCUT2D eigenvalue weighted by molar-refractivity contribution is 5.50. The molecule has 1 heterocycles. The number of hydrogen-bond donors (Lipinski definition) is 2. The molecule has 1 aromatic carbocycles. The molecule has 1 aromatic rings. The molecule has 104 valence electrons. The maximum absolute atomic E-state index is 13.6. The Bertz CT molecular complexity index is 449. The quantitative estimate of drug-likeness (QED) is 0.617. The van der Waals surface area contributed by atoms with Crippen LogP contribution in [-0.4, -0.2) is 49.1 Å². The summed E-state index contributed by atoms with van der Waals surface area (Å²) >= 11 is 0. The first kappa shape index (κ1) is 13.7. The summed E-state index contributed by atoms with van der Waals surface area (Å²) in [5, 5.41) is 16.7. The molecule has 19 heavy (non-hydrogen) atoms. The lowest BCUT2D eigenvalue weighted by atomic mass is 10.2. The maximum atomic E-state index is 13.6. The first-order valence-corrected chi connectivity index (χ1v) is 6.28. The van der Waals surface area contributed by atoms with Crippen molar-refractivity contribution in [2.45, 2.75) is 0 Å². The molecule has 0 amide bonds. The predicted molar refractivity (Wildman–Crippen MR) is 70.9 cm³/mol. The summed E-state index contributed by atoms with van der Waals surface area (Å²) in [5.41, 5.74) is 0.0749. The van der Waals surface area contributed by atoms with E-state index in [9.17, 15) is 14.5 Å². The second kappa shape index (κ2) is 6.44. The Hall–Kier alpha value is -1.73. The summed E-state index contributed by atoms with van der Waals surface area (Å²) in [4.78, 5) is 12.2. The molecule has 0 atom stereocenters. The average molecular weight is 268 g/mol. The van der Waals surface area contributed by atoms with E-state index in [1.54, 1.807) is 0 Å². The van der Waals surface area contributed by atoms with Crippen LogP contribution >= 0.6 is 0 Å². The fourth-order valence-corrected chi connectivity index (χ4v) is 2.04. The van der Waals surface area contributed by atoms with E-state index in [4.69, 9.17) is 0 Å². The molecule has 1 saturated heterocycles. The summed E-state index contributed by atoms with van der Waals surface area (Å²) < 4.78 is 13.6. The van der Waals surface area contributed by atoms with Gasteiger partial charge in [-0.1, -0.05) is 0 Å². The van der Waals surface area contributed by atoms with E-state index in [0.717, 1.165) is 38.8 Å². The topological polar surface area (TPSA) is 70.4 Å². The zero-order valence-corrected chi connectivity index (χ0v) is 10.6. The van der Waals surface area contributed by atoms with Crippen molar-refractivity contribution in [2.24, 2.45) is 0 Å². The van der Waals surface area contributed by atoms with Crippen LogP contribution in [0.15, 0.2) is 18.2 Å². The standard InChI is InChI=1S/C12H17FN4O2/c13-11-9-10(17(18)19)1-2-12(11)15-5-8-16-6-3-14-4-7-16/h1-2,9,14-15H,3-8H2. The van der Waals surface area contributed by atoms with Crippen LogP contribution in [0.1, 0.15) is 0 Å². The van der Waals surface area contributed by atoms with Gasteiger partial charge >= 0.3 is 0 Å². The van der Waals surface area contributed by atoms with Crippen LogP contribution in [0.3, 0.4) is 0 Å². The van der Waals surface area contributed by atoms with Crippen molar-refractivity contribution in [2.75, 3.05) is 44.6 Å². The van der Waals surface area contributed by atoms with Crippen molar-refractivity contribution in [3.05, 3.63) is 34.1 Å². The molecule has 1 fully saturated rings. The average Bonchev–Trinajstić information content (AvgIpc) is 2.41. The van der Waals surface area contributed by atoms with E-state index in [0.29, 0.717) is 12.2 Å². The first-order chi connectivity index (χ1) is 9.16. The summed E-state index contributed by atoms with van der Waals surface area (Å²) in [5.74, 6) is -0.588. The van der Waals surface area contributed by atoms with Gasteiger partial charge in [-0.05, 0) is 6.07 Å². The van der Waals surface area contributed by atoms with Gasteiger partial charge in [0.15, 0.2) is 5.82 Å². The summed E-state index contributed by atoms with van der Waals surface area (Å²) in [7, 11) is 0. The third-order valence-corrected chi connectivity index (χ3v) is 3.12. The number of nitro groups is 1. The third kappa shape index (κ3) is 3.87. The van der Waals surface area contributed by atoms with Crippen LogP contribution in [0.2, 0.25) is 0 Å². The molecule has 1 aliphatic heterocycles. The van der Waals surface area contributed by atoms with E-state index in [1.165, 1.54) is 12.1 Å². The van der Waals surface area contributed by atoms with E-state index in [2.05, 4.69) is 15.5 Å². The molecule has 1 aliphatic rings. The highest BCUT2D eigenvalue weighted by atomic mass is 19.1. The Morgan fingerprint density at radius 3 is 2.79 bits per heavy atom. The lowest BCUT2D eigenvalue weighted by molar-refractivity contribution is -0.385. The Morgan fingerprint density at radius 1 is 1.42 bits per heavy atom. The van der Waals surface area contributed by atoms with Crippen LogP contribution in [0, 0.1) is 15.9 Å². The Morgan fingerprint density at radius 2 is 2.16 bits per heavy atom. The lowest BCUT2D eigenvalue weighted by Crippen LogP contribution is -2.45. The fourth-order valence-electron chi connectivity index (χ4n) is 2.04. The molecule has 0 aliphatic carbocycles. The van der Waals surface area contributed by atoms with Crippen LogP contribution in [0.25, 0.3) is 0 Å². The van der Waals surface area contributed by atoms with E-state index in [-0.39, 0.29) is 5.69 Å². The fraction of sp³-hybridized carbons (Fsp3) is 0.500. The highest BCUT2D eigenvalue weighted by Gasteiger charge is 2.11. The monoisotopic (exact) mass is 268 g/mol. The van der Waals surface area contributed by atoms with Crippen molar-refractivity contribution in [3.63, 3.8) is 0 Å². The number of nitrogens with one attached hydrogen (secondary N) is 2. The number of hydrogen-bond acceptors (Lipinski definition) is 5. The molecular formula is C12H17FN4O2. The first-order valence-electron chi connectivity index (χ1n) is 6.28. The van der Waals surface area contributed by atoms with Crippen molar-refractivity contribution >= 4 is 11.4 Å². The van der Waals surface area contributed by atoms with Gasteiger partial charge in [0.25, 0.3) is 5.69 Å². The molecule has 7 heteroatoms. The zero-order valence-electron chi connectivity index (χ0n) is 10.6. The van der Waals surface area contributed by atoms with Crippen molar-refractivity contribution in [3.8, 4) is 0 Å².